The number of benzene rings is 3. The molecule has 28 heavy (non-hydrogen) atoms. The molecule has 4 nitrogen and oxygen atoms in total. The number of amides is 1. The fourth-order valence-corrected chi connectivity index (χ4v) is 2.65. The highest BCUT2D eigenvalue weighted by Gasteiger charge is 2.05. The molecule has 1 amide bonds. The molecule has 0 unspecified atom stereocenters. The van der Waals surface area contributed by atoms with Gasteiger partial charge in [0.15, 0.2) is 0 Å². The quantitative estimate of drug-likeness (QED) is 0.544. The molecule has 0 aliphatic heterocycles. The monoisotopic (exact) mass is 373 g/mol. The Morgan fingerprint density at radius 2 is 1.71 bits per heavy atom. The highest BCUT2D eigenvalue weighted by Crippen LogP contribution is 2.23. The summed E-state index contributed by atoms with van der Waals surface area (Å²) in [4.78, 5) is 12.3. The first-order chi connectivity index (χ1) is 13.7. The van der Waals surface area contributed by atoms with E-state index in [2.05, 4.69) is 5.32 Å². The maximum absolute atomic E-state index is 12.3. The summed E-state index contributed by atoms with van der Waals surface area (Å²) in [5.41, 5.74) is 2.65. The molecule has 0 heterocycles. The van der Waals surface area contributed by atoms with Gasteiger partial charge in [-0.2, -0.15) is 0 Å². The summed E-state index contributed by atoms with van der Waals surface area (Å²) in [7, 11) is 0. The van der Waals surface area contributed by atoms with Gasteiger partial charge < -0.3 is 14.8 Å². The van der Waals surface area contributed by atoms with E-state index in [9.17, 15) is 4.79 Å². The minimum atomic E-state index is -0.220. The first-order valence-corrected chi connectivity index (χ1v) is 9.22. The van der Waals surface area contributed by atoms with Crippen LogP contribution in [0.15, 0.2) is 84.9 Å². The lowest BCUT2D eigenvalue weighted by Crippen LogP contribution is -2.09. The predicted molar refractivity (Wildman–Crippen MR) is 112 cm³/mol. The number of carbonyl (C=O) groups is 1. The van der Waals surface area contributed by atoms with Crippen LogP contribution in [0.1, 0.15) is 18.1 Å². The first-order valence-electron chi connectivity index (χ1n) is 9.22. The van der Waals surface area contributed by atoms with E-state index >= 15 is 0 Å². The van der Waals surface area contributed by atoms with Crippen LogP contribution < -0.4 is 14.8 Å². The van der Waals surface area contributed by atoms with Gasteiger partial charge in [0.05, 0.1) is 12.3 Å². The van der Waals surface area contributed by atoms with Crippen molar-refractivity contribution in [1.29, 1.82) is 0 Å². The topological polar surface area (TPSA) is 47.6 Å². The van der Waals surface area contributed by atoms with Gasteiger partial charge in [0.2, 0.25) is 5.91 Å². The van der Waals surface area contributed by atoms with Gasteiger partial charge in [-0.05, 0) is 48.4 Å². The molecule has 0 fully saturated rings. The van der Waals surface area contributed by atoms with E-state index in [1.165, 1.54) is 6.08 Å². The standard InChI is InChI=1S/C24H23NO3/c1-2-27-23-14-7-6-13-22(23)25-24(26)16-15-19-11-8-12-21(17-19)28-18-20-9-4-3-5-10-20/h3-17H,2,18H2,1H3,(H,25,26)/b16-15+. The van der Waals surface area contributed by atoms with Crippen molar-refractivity contribution in [2.24, 2.45) is 0 Å². The number of para-hydroxylation sites is 2. The fourth-order valence-electron chi connectivity index (χ4n) is 2.65. The number of rotatable bonds is 8. The van der Waals surface area contributed by atoms with Crippen LogP contribution >= 0.6 is 0 Å². The number of hydrogen-bond acceptors (Lipinski definition) is 3. The van der Waals surface area contributed by atoms with Gasteiger partial charge in [-0.15, -0.1) is 0 Å². The van der Waals surface area contributed by atoms with Crippen molar-refractivity contribution in [2.75, 3.05) is 11.9 Å². The lowest BCUT2D eigenvalue weighted by Gasteiger charge is -2.09. The molecule has 0 aliphatic rings. The first kappa shape index (κ1) is 19.2. The second-order valence-electron chi connectivity index (χ2n) is 6.10. The lowest BCUT2D eigenvalue weighted by atomic mass is 10.2. The molecule has 3 aromatic carbocycles. The molecule has 142 valence electrons. The van der Waals surface area contributed by atoms with Crippen LogP contribution in [0.5, 0.6) is 11.5 Å². The Hall–Kier alpha value is -3.53. The SMILES string of the molecule is CCOc1ccccc1NC(=O)/C=C/c1cccc(OCc2ccccc2)c1. The molecule has 4 heteroatoms. The Balaban J connectivity index is 1.60. The molecule has 0 aromatic heterocycles. The molecule has 0 aliphatic carbocycles. The molecular formula is C24H23NO3. The molecule has 0 radical (unpaired) electrons. The van der Waals surface area contributed by atoms with Crippen molar-refractivity contribution in [1.82, 2.24) is 0 Å². The van der Waals surface area contributed by atoms with Crippen LogP contribution in [0, 0.1) is 0 Å². The predicted octanol–water partition coefficient (Wildman–Crippen LogP) is 5.32. The number of anilines is 1. The lowest BCUT2D eigenvalue weighted by molar-refractivity contribution is -0.111. The van der Waals surface area contributed by atoms with Crippen molar-refractivity contribution < 1.29 is 14.3 Å². The summed E-state index contributed by atoms with van der Waals surface area (Å²) in [5.74, 6) is 1.19. The van der Waals surface area contributed by atoms with E-state index in [1.807, 2.05) is 85.8 Å². The second kappa shape index (κ2) is 9.97. The molecule has 0 saturated heterocycles. The average molecular weight is 373 g/mol. The van der Waals surface area contributed by atoms with E-state index in [0.29, 0.717) is 24.7 Å². The summed E-state index contributed by atoms with van der Waals surface area (Å²) in [6.07, 6.45) is 3.26. The molecule has 3 aromatic rings. The van der Waals surface area contributed by atoms with Gasteiger partial charge >= 0.3 is 0 Å². The van der Waals surface area contributed by atoms with Gasteiger partial charge in [-0.25, -0.2) is 0 Å². The summed E-state index contributed by atoms with van der Waals surface area (Å²) < 4.78 is 11.4. The summed E-state index contributed by atoms with van der Waals surface area (Å²) >= 11 is 0. The molecule has 0 saturated carbocycles. The van der Waals surface area contributed by atoms with E-state index < -0.39 is 0 Å². The second-order valence-corrected chi connectivity index (χ2v) is 6.10. The zero-order valence-corrected chi connectivity index (χ0v) is 15.8. The normalized spacial score (nSPS) is 10.6. The summed E-state index contributed by atoms with van der Waals surface area (Å²) in [6, 6.07) is 25.0. The highest BCUT2D eigenvalue weighted by atomic mass is 16.5. The Bertz CT molecular complexity index is 935. The van der Waals surface area contributed by atoms with Crippen molar-refractivity contribution in [3.05, 3.63) is 96.1 Å². The molecule has 0 atom stereocenters. The van der Waals surface area contributed by atoms with E-state index in [0.717, 1.165) is 16.9 Å². The fraction of sp³-hybridized carbons (Fsp3) is 0.125. The Morgan fingerprint density at radius 1 is 0.929 bits per heavy atom. The molecule has 0 spiro atoms. The maximum Gasteiger partial charge on any atom is 0.248 e. The van der Waals surface area contributed by atoms with Crippen molar-refractivity contribution in [3.63, 3.8) is 0 Å². The van der Waals surface area contributed by atoms with E-state index in [1.54, 1.807) is 6.08 Å². The van der Waals surface area contributed by atoms with Crippen molar-refractivity contribution in [3.8, 4) is 11.5 Å². The van der Waals surface area contributed by atoms with Gasteiger partial charge in [-0.3, -0.25) is 4.79 Å². The van der Waals surface area contributed by atoms with E-state index in [-0.39, 0.29) is 5.91 Å². The minimum absolute atomic E-state index is 0.220. The van der Waals surface area contributed by atoms with Crippen LogP contribution in [0.4, 0.5) is 5.69 Å². The van der Waals surface area contributed by atoms with E-state index in [4.69, 9.17) is 9.47 Å². The number of carbonyl (C=O) groups excluding carboxylic acids is 1. The number of ether oxygens (including phenoxy) is 2. The molecule has 1 N–H and O–H groups in total. The Morgan fingerprint density at radius 3 is 2.54 bits per heavy atom. The molecule has 3 rings (SSSR count). The average Bonchev–Trinajstić information content (AvgIpc) is 2.73. The third-order valence-corrected chi connectivity index (χ3v) is 3.98. The van der Waals surface area contributed by atoms with Gasteiger partial charge in [0, 0.05) is 6.08 Å². The smallest absolute Gasteiger partial charge is 0.248 e. The van der Waals surface area contributed by atoms with Crippen LogP contribution in [-0.4, -0.2) is 12.5 Å². The van der Waals surface area contributed by atoms with Crippen molar-refractivity contribution >= 4 is 17.7 Å². The third-order valence-electron chi connectivity index (χ3n) is 3.98. The Kier molecular flexibility index (Phi) is 6.85. The van der Waals surface area contributed by atoms with Gasteiger partial charge in [0.25, 0.3) is 0 Å². The summed E-state index contributed by atoms with van der Waals surface area (Å²) in [6.45, 7) is 2.95. The largest absolute Gasteiger partial charge is 0.492 e. The van der Waals surface area contributed by atoms with Crippen molar-refractivity contribution in [2.45, 2.75) is 13.5 Å². The zero-order valence-electron chi connectivity index (χ0n) is 15.8. The number of nitrogens with one attached hydrogen (secondary N) is 1. The van der Waals surface area contributed by atoms with Gasteiger partial charge in [0.1, 0.15) is 18.1 Å². The molecule has 0 bridgehead atoms. The van der Waals surface area contributed by atoms with Crippen LogP contribution in [-0.2, 0) is 11.4 Å². The number of hydrogen-bond donors (Lipinski definition) is 1. The Labute approximate surface area is 165 Å². The summed E-state index contributed by atoms with van der Waals surface area (Å²) in [5, 5.41) is 2.84. The maximum atomic E-state index is 12.3. The molecular weight excluding hydrogens is 350 g/mol. The third kappa shape index (κ3) is 5.74. The highest BCUT2D eigenvalue weighted by molar-refractivity contribution is 6.02. The van der Waals surface area contributed by atoms with Crippen LogP contribution in [0.3, 0.4) is 0 Å². The minimum Gasteiger partial charge on any atom is -0.492 e. The van der Waals surface area contributed by atoms with Crippen LogP contribution in [0.2, 0.25) is 0 Å². The van der Waals surface area contributed by atoms with Crippen LogP contribution in [0.25, 0.3) is 6.08 Å². The zero-order chi connectivity index (χ0) is 19.6. The van der Waals surface area contributed by atoms with Gasteiger partial charge in [-0.1, -0.05) is 54.6 Å².